The first-order valence-corrected chi connectivity index (χ1v) is 13.0. The number of sulfone groups is 2. The van der Waals surface area contributed by atoms with Gasteiger partial charge in [-0.1, -0.05) is 6.07 Å². The van der Waals surface area contributed by atoms with E-state index in [1.54, 1.807) is 18.2 Å². The zero-order valence-electron chi connectivity index (χ0n) is 17.0. The number of benzene rings is 2. The van der Waals surface area contributed by atoms with Gasteiger partial charge in [0.2, 0.25) is 0 Å². The molecule has 2 aromatic carbocycles. The summed E-state index contributed by atoms with van der Waals surface area (Å²) in [5, 5.41) is 12.4. The average Bonchev–Trinajstić information content (AvgIpc) is 3.18. The lowest BCUT2D eigenvalue weighted by Gasteiger charge is -2.12. The third-order valence-electron chi connectivity index (χ3n) is 4.67. The van der Waals surface area contributed by atoms with Crippen molar-refractivity contribution in [3.8, 4) is 28.3 Å². The minimum Gasteiger partial charge on any atom is -0.232 e. The number of halogens is 1. The predicted molar refractivity (Wildman–Crippen MR) is 116 cm³/mol. The van der Waals surface area contributed by atoms with E-state index in [0.29, 0.717) is 22.8 Å². The van der Waals surface area contributed by atoms with Gasteiger partial charge in [-0.15, -0.1) is 5.10 Å². The van der Waals surface area contributed by atoms with E-state index in [1.807, 2.05) is 0 Å². The van der Waals surface area contributed by atoms with Crippen LogP contribution in [0.25, 0.3) is 28.3 Å². The first-order valence-electron chi connectivity index (χ1n) is 9.23. The summed E-state index contributed by atoms with van der Waals surface area (Å²) in [6.07, 6.45) is 3.51. The fourth-order valence-corrected chi connectivity index (χ4v) is 4.80. The zero-order chi connectivity index (χ0) is 23.1. The molecule has 0 radical (unpaired) electrons. The molecule has 0 fully saturated rings. The van der Waals surface area contributed by atoms with E-state index in [2.05, 4.69) is 15.3 Å². The van der Waals surface area contributed by atoms with Crippen LogP contribution in [-0.4, -0.2) is 49.3 Å². The van der Waals surface area contributed by atoms with E-state index in [-0.39, 0.29) is 15.4 Å². The lowest BCUT2D eigenvalue weighted by atomic mass is 10.1. The maximum Gasteiger partial charge on any atom is 0.176 e. The first kappa shape index (κ1) is 21.8. The molecule has 0 saturated carbocycles. The summed E-state index contributed by atoms with van der Waals surface area (Å²) in [5.41, 5.74) is 1.93. The van der Waals surface area contributed by atoms with Crippen molar-refractivity contribution in [2.45, 2.75) is 9.79 Å². The fraction of sp³-hybridized carbons (Fsp3) is 0.0952. The van der Waals surface area contributed by atoms with Crippen molar-refractivity contribution in [1.29, 1.82) is 0 Å². The van der Waals surface area contributed by atoms with Crippen molar-refractivity contribution in [2.75, 3.05) is 12.5 Å². The van der Waals surface area contributed by atoms with Gasteiger partial charge in [0.1, 0.15) is 17.2 Å². The lowest BCUT2D eigenvalue weighted by molar-refractivity contribution is 0.600. The molecule has 11 heteroatoms. The Kier molecular flexibility index (Phi) is 5.39. The summed E-state index contributed by atoms with van der Waals surface area (Å²) in [4.78, 5) is -0.293. The average molecular weight is 473 g/mol. The predicted octanol–water partition coefficient (Wildman–Crippen LogP) is 2.94. The van der Waals surface area contributed by atoms with E-state index in [1.165, 1.54) is 47.3 Å². The highest BCUT2D eigenvalue weighted by Crippen LogP contribution is 2.33. The van der Waals surface area contributed by atoms with Crippen molar-refractivity contribution < 1.29 is 21.2 Å². The highest BCUT2D eigenvalue weighted by atomic mass is 32.2. The Hall–Kier alpha value is -3.44. The number of nitrogens with zero attached hydrogens (tertiary/aromatic N) is 4. The zero-order valence-corrected chi connectivity index (χ0v) is 18.6. The number of aromatic nitrogens is 4. The van der Waals surface area contributed by atoms with E-state index >= 15 is 0 Å². The van der Waals surface area contributed by atoms with Crippen molar-refractivity contribution >= 4 is 19.7 Å². The molecule has 0 unspecified atom stereocenters. The summed E-state index contributed by atoms with van der Waals surface area (Å²) in [5.74, 6) is -0.439. The van der Waals surface area contributed by atoms with Gasteiger partial charge in [-0.2, -0.15) is 10.2 Å². The SMILES string of the molecule is CS(=O)(=O)c1ccc(-c2cc(-c3cccnn3)nn2-c2ccc(F)cc2)c(S(C)(=O)=O)c1. The molecule has 0 atom stereocenters. The van der Waals surface area contributed by atoms with Gasteiger partial charge in [-0.3, -0.25) is 0 Å². The Morgan fingerprint density at radius 2 is 1.56 bits per heavy atom. The first-order chi connectivity index (χ1) is 15.0. The van der Waals surface area contributed by atoms with Crippen LogP contribution < -0.4 is 0 Å². The van der Waals surface area contributed by atoms with Crippen LogP contribution in [0.2, 0.25) is 0 Å². The third-order valence-corrected chi connectivity index (χ3v) is 6.92. The van der Waals surface area contributed by atoms with Crippen LogP contribution in [0.15, 0.2) is 76.7 Å². The second-order valence-corrected chi connectivity index (χ2v) is 11.1. The van der Waals surface area contributed by atoms with Crippen LogP contribution in [0.1, 0.15) is 0 Å². The lowest BCUT2D eigenvalue weighted by Crippen LogP contribution is -2.07. The molecule has 0 bridgehead atoms. The van der Waals surface area contributed by atoms with Crippen molar-refractivity contribution in [3.63, 3.8) is 0 Å². The van der Waals surface area contributed by atoms with Crippen LogP contribution >= 0.6 is 0 Å². The Morgan fingerprint density at radius 3 is 2.16 bits per heavy atom. The second-order valence-electron chi connectivity index (χ2n) is 7.11. The monoisotopic (exact) mass is 472 g/mol. The van der Waals surface area contributed by atoms with Gasteiger partial charge in [-0.25, -0.2) is 25.9 Å². The molecule has 0 aliphatic rings. The molecule has 4 rings (SSSR count). The molecule has 0 amide bonds. The molecule has 164 valence electrons. The molecule has 32 heavy (non-hydrogen) atoms. The van der Waals surface area contributed by atoms with Gasteiger partial charge in [0.05, 0.1) is 21.2 Å². The van der Waals surface area contributed by atoms with Gasteiger partial charge in [-0.05, 0) is 54.6 Å². The van der Waals surface area contributed by atoms with Crippen molar-refractivity contribution in [2.24, 2.45) is 0 Å². The van der Waals surface area contributed by atoms with E-state index in [0.717, 1.165) is 18.6 Å². The van der Waals surface area contributed by atoms with Crippen molar-refractivity contribution in [1.82, 2.24) is 20.0 Å². The van der Waals surface area contributed by atoms with E-state index in [4.69, 9.17) is 0 Å². The minimum absolute atomic E-state index is 0.122. The highest BCUT2D eigenvalue weighted by Gasteiger charge is 2.23. The standard InChI is InChI=1S/C21H17FN4O4S2/c1-31(27,28)16-9-10-17(21(12-16)32(2,29)30)20-13-19(18-4-3-11-23-24-18)25-26(20)15-7-5-14(22)6-8-15/h3-13H,1-2H3. The number of hydrogen-bond acceptors (Lipinski definition) is 7. The van der Waals surface area contributed by atoms with E-state index in [9.17, 15) is 21.2 Å². The summed E-state index contributed by atoms with van der Waals surface area (Å²) in [6, 6.07) is 14.4. The molecule has 4 aromatic rings. The number of hydrogen-bond donors (Lipinski definition) is 0. The molecule has 0 aliphatic carbocycles. The van der Waals surface area contributed by atoms with E-state index < -0.39 is 25.5 Å². The van der Waals surface area contributed by atoms with Crippen LogP contribution in [-0.2, 0) is 19.7 Å². The Labute approximate surface area is 184 Å². The van der Waals surface area contributed by atoms with Gasteiger partial charge in [0, 0.05) is 24.3 Å². The third kappa shape index (κ3) is 4.30. The molecular weight excluding hydrogens is 455 g/mol. The molecule has 0 aliphatic heterocycles. The van der Waals surface area contributed by atoms with Crippen LogP contribution in [0.4, 0.5) is 4.39 Å². The largest absolute Gasteiger partial charge is 0.232 e. The van der Waals surface area contributed by atoms with Gasteiger partial charge in [0.15, 0.2) is 19.7 Å². The topological polar surface area (TPSA) is 112 Å². The molecule has 2 heterocycles. The quantitative estimate of drug-likeness (QED) is 0.439. The Bertz CT molecular complexity index is 1520. The van der Waals surface area contributed by atoms with Crippen molar-refractivity contribution in [3.05, 3.63) is 72.7 Å². The molecule has 2 aromatic heterocycles. The van der Waals surface area contributed by atoms with Gasteiger partial charge in [0.25, 0.3) is 0 Å². The highest BCUT2D eigenvalue weighted by molar-refractivity contribution is 7.91. The fourth-order valence-electron chi connectivity index (χ4n) is 3.17. The van der Waals surface area contributed by atoms with Crippen LogP contribution in [0, 0.1) is 5.82 Å². The molecule has 0 spiro atoms. The molecule has 0 saturated heterocycles. The summed E-state index contributed by atoms with van der Waals surface area (Å²) in [6.45, 7) is 0. The summed E-state index contributed by atoms with van der Waals surface area (Å²) < 4.78 is 64.1. The second kappa shape index (κ2) is 7.92. The summed E-state index contributed by atoms with van der Waals surface area (Å²) >= 11 is 0. The molecule has 0 N–H and O–H groups in total. The maximum atomic E-state index is 13.5. The van der Waals surface area contributed by atoms with Crippen LogP contribution in [0.3, 0.4) is 0 Å². The number of rotatable bonds is 5. The normalized spacial score (nSPS) is 12.1. The van der Waals surface area contributed by atoms with Gasteiger partial charge < -0.3 is 0 Å². The molecule has 8 nitrogen and oxygen atoms in total. The maximum absolute atomic E-state index is 13.5. The smallest absolute Gasteiger partial charge is 0.176 e. The summed E-state index contributed by atoms with van der Waals surface area (Å²) in [7, 11) is -7.46. The Balaban J connectivity index is 2.03. The Morgan fingerprint density at radius 1 is 0.844 bits per heavy atom. The molecular formula is C21H17FN4O4S2. The van der Waals surface area contributed by atoms with Crippen LogP contribution in [0.5, 0.6) is 0 Å². The van der Waals surface area contributed by atoms with Gasteiger partial charge >= 0.3 is 0 Å². The minimum atomic E-state index is -3.82.